The number of urea groups is 1. The summed E-state index contributed by atoms with van der Waals surface area (Å²) in [5.74, 6) is -2.99. The van der Waals surface area contributed by atoms with Gasteiger partial charge in [-0.25, -0.2) is 18.0 Å². The van der Waals surface area contributed by atoms with Gasteiger partial charge >= 0.3 is 6.03 Å². The van der Waals surface area contributed by atoms with Crippen LogP contribution >= 0.6 is 0 Å². The molecule has 0 spiro atoms. The van der Waals surface area contributed by atoms with E-state index < -0.39 is 17.5 Å². The fourth-order valence-electron chi connectivity index (χ4n) is 2.94. The van der Waals surface area contributed by atoms with Crippen LogP contribution in [0.1, 0.15) is 29.7 Å². The molecule has 2 aromatic carbocycles. The number of carbonyl (C=O) groups is 1. The van der Waals surface area contributed by atoms with Gasteiger partial charge in [-0.05, 0) is 31.0 Å². The van der Waals surface area contributed by atoms with E-state index >= 15 is 0 Å². The van der Waals surface area contributed by atoms with Crippen molar-refractivity contribution >= 4 is 11.7 Å². The van der Waals surface area contributed by atoms with Crippen molar-refractivity contribution < 1.29 is 18.0 Å². The van der Waals surface area contributed by atoms with Crippen LogP contribution in [0.25, 0.3) is 0 Å². The van der Waals surface area contributed by atoms with Gasteiger partial charge in [0.1, 0.15) is 17.5 Å². The highest BCUT2D eigenvalue weighted by molar-refractivity contribution is 5.95. The normalized spacial score (nSPS) is 17.2. The molecule has 2 aromatic rings. The summed E-state index contributed by atoms with van der Waals surface area (Å²) >= 11 is 0. The molecule has 2 amide bonds. The zero-order valence-electron chi connectivity index (χ0n) is 13.6. The molecule has 1 aliphatic heterocycles. The zero-order valence-corrected chi connectivity index (χ0v) is 13.6. The maximum Gasteiger partial charge on any atom is 0.325 e. The van der Waals surface area contributed by atoms with Crippen molar-refractivity contribution in [3.05, 3.63) is 64.5 Å². The van der Waals surface area contributed by atoms with E-state index in [9.17, 15) is 18.0 Å². The summed E-state index contributed by atoms with van der Waals surface area (Å²) in [4.78, 5) is 15.5. The molecule has 0 bridgehead atoms. The molecule has 1 atom stereocenters. The van der Waals surface area contributed by atoms with Gasteiger partial charge in [0.05, 0.1) is 18.3 Å². The van der Waals surface area contributed by atoms with Gasteiger partial charge in [0, 0.05) is 24.7 Å². The average Bonchev–Trinajstić information content (AvgIpc) is 2.51. The Balaban J connectivity index is 2.09. The van der Waals surface area contributed by atoms with Gasteiger partial charge in [0.2, 0.25) is 0 Å². The minimum atomic E-state index is -1.00. The monoisotopic (exact) mass is 334 g/mol. The number of fused-ring (bicyclic) bond motifs is 1. The number of nitrogens with zero attached hydrogens (tertiary/aromatic N) is 2. The van der Waals surface area contributed by atoms with Crippen LogP contribution in [0.5, 0.6) is 0 Å². The molecule has 0 aromatic heterocycles. The Morgan fingerprint density at radius 3 is 2.33 bits per heavy atom. The number of rotatable bonds is 2. The Labute approximate surface area is 138 Å². The summed E-state index contributed by atoms with van der Waals surface area (Å²) in [6, 6.07) is 6.39. The second kappa shape index (κ2) is 5.85. The Bertz CT molecular complexity index is 799. The van der Waals surface area contributed by atoms with Crippen molar-refractivity contribution in [2.75, 3.05) is 11.9 Å². The van der Waals surface area contributed by atoms with E-state index in [4.69, 9.17) is 0 Å². The molecule has 1 aliphatic rings. The molecule has 0 fully saturated rings. The molecule has 3 nitrogen and oxygen atoms in total. The molecule has 0 saturated heterocycles. The van der Waals surface area contributed by atoms with Crippen LogP contribution in [0.15, 0.2) is 30.3 Å². The SMILES string of the molecule is Cc1ccc2c(c1)N(Cc1c(F)cc(F)cc1F)C(=O)N(C)[C@H]2C. The van der Waals surface area contributed by atoms with Crippen molar-refractivity contribution in [1.29, 1.82) is 0 Å². The topological polar surface area (TPSA) is 23.6 Å². The van der Waals surface area contributed by atoms with Gasteiger partial charge in [-0.1, -0.05) is 12.1 Å². The number of anilines is 1. The summed E-state index contributed by atoms with van der Waals surface area (Å²) in [6.07, 6.45) is 0. The molecule has 6 heteroatoms. The first-order valence-electron chi connectivity index (χ1n) is 7.58. The predicted octanol–water partition coefficient (Wildman–Crippen LogP) is 4.55. The fourth-order valence-corrected chi connectivity index (χ4v) is 2.94. The standard InChI is InChI=1S/C18H17F3N2O/c1-10-4-5-13-11(2)22(3)18(24)23(17(13)6-10)9-14-15(20)7-12(19)8-16(14)21/h4-8,11H,9H2,1-3H3/t11-/m0/s1. The molecule has 24 heavy (non-hydrogen) atoms. The van der Waals surface area contributed by atoms with Crippen molar-refractivity contribution in [2.24, 2.45) is 0 Å². The van der Waals surface area contributed by atoms with E-state index in [1.165, 1.54) is 9.80 Å². The van der Waals surface area contributed by atoms with Gasteiger partial charge in [-0.3, -0.25) is 4.90 Å². The van der Waals surface area contributed by atoms with Crippen LogP contribution in [-0.4, -0.2) is 18.0 Å². The first-order valence-corrected chi connectivity index (χ1v) is 7.58. The number of benzene rings is 2. The average molecular weight is 334 g/mol. The van der Waals surface area contributed by atoms with E-state index in [0.717, 1.165) is 11.1 Å². The molecule has 0 N–H and O–H groups in total. The number of carbonyl (C=O) groups excluding carboxylic acids is 1. The Morgan fingerprint density at radius 1 is 1.08 bits per heavy atom. The smallest absolute Gasteiger partial charge is 0.321 e. The zero-order chi connectivity index (χ0) is 17.6. The molecular weight excluding hydrogens is 317 g/mol. The second-order valence-corrected chi connectivity index (χ2v) is 6.07. The van der Waals surface area contributed by atoms with Gasteiger partial charge in [0.15, 0.2) is 0 Å². The number of hydrogen-bond acceptors (Lipinski definition) is 1. The van der Waals surface area contributed by atoms with Crippen molar-refractivity contribution in [1.82, 2.24) is 4.90 Å². The molecule has 1 heterocycles. The Kier molecular flexibility index (Phi) is 3.99. The molecule has 0 aliphatic carbocycles. The maximum atomic E-state index is 14.0. The third kappa shape index (κ3) is 2.62. The Hall–Kier alpha value is -2.50. The van der Waals surface area contributed by atoms with Crippen molar-refractivity contribution in [2.45, 2.75) is 26.4 Å². The van der Waals surface area contributed by atoms with Crippen LogP contribution in [0.3, 0.4) is 0 Å². The lowest BCUT2D eigenvalue weighted by atomic mass is 9.99. The van der Waals surface area contributed by atoms with Gasteiger partial charge in [0.25, 0.3) is 0 Å². The van der Waals surface area contributed by atoms with Gasteiger partial charge in [-0.15, -0.1) is 0 Å². The lowest BCUT2D eigenvalue weighted by Gasteiger charge is -2.39. The summed E-state index contributed by atoms with van der Waals surface area (Å²) in [5, 5.41) is 0. The van der Waals surface area contributed by atoms with Gasteiger partial charge in [-0.2, -0.15) is 0 Å². The number of amides is 2. The lowest BCUT2D eigenvalue weighted by Crippen LogP contribution is -2.46. The minimum Gasteiger partial charge on any atom is -0.321 e. The molecule has 0 saturated carbocycles. The van der Waals surface area contributed by atoms with E-state index in [1.807, 2.05) is 32.0 Å². The molecule has 3 rings (SSSR count). The maximum absolute atomic E-state index is 14.0. The number of hydrogen-bond donors (Lipinski definition) is 0. The van der Waals surface area contributed by atoms with E-state index in [1.54, 1.807) is 7.05 Å². The molecular formula is C18H17F3N2O. The van der Waals surface area contributed by atoms with Crippen LogP contribution in [0.4, 0.5) is 23.7 Å². The highest BCUT2D eigenvalue weighted by Gasteiger charge is 2.34. The first kappa shape index (κ1) is 16.4. The quantitative estimate of drug-likeness (QED) is 0.790. The number of aryl methyl sites for hydroxylation is 1. The lowest BCUT2D eigenvalue weighted by molar-refractivity contribution is 0.196. The van der Waals surface area contributed by atoms with Crippen LogP contribution in [0, 0.1) is 24.4 Å². The number of halogens is 3. The predicted molar refractivity (Wildman–Crippen MR) is 85.3 cm³/mol. The second-order valence-electron chi connectivity index (χ2n) is 6.07. The summed E-state index contributed by atoms with van der Waals surface area (Å²) in [7, 11) is 1.64. The van der Waals surface area contributed by atoms with Crippen LogP contribution < -0.4 is 4.90 Å². The fraction of sp³-hybridized carbons (Fsp3) is 0.278. The van der Waals surface area contributed by atoms with E-state index in [-0.39, 0.29) is 24.2 Å². The molecule has 0 unspecified atom stereocenters. The van der Waals surface area contributed by atoms with E-state index in [0.29, 0.717) is 17.8 Å². The summed E-state index contributed by atoms with van der Waals surface area (Å²) in [5.41, 5.74) is 2.11. The van der Waals surface area contributed by atoms with Gasteiger partial charge < -0.3 is 4.90 Å². The Morgan fingerprint density at radius 2 is 1.71 bits per heavy atom. The molecule has 0 radical (unpaired) electrons. The molecule has 126 valence electrons. The van der Waals surface area contributed by atoms with Crippen LogP contribution in [-0.2, 0) is 6.54 Å². The van der Waals surface area contributed by atoms with E-state index in [2.05, 4.69) is 0 Å². The highest BCUT2D eigenvalue weighted by atomic mass is 19.1. The summed E-state index contributed by atoms with van der Waals surface area (Å²) < 4.78 is 41.1. The van der Waals surface area contributed by atoms with Crippen LogP contribution in [0.2, 0.25) is 0 Å². The minimum absolute atomic E-state index is 0.146. The van der Waals surface area contributed by atoms with Crippen molar-refractivity contribution in [3.63, 3.8) is 0 Å². The largest absolute Gasteiger partial charge is 0.325 e. The third-order valence-corrected chi connectivity index (χ3v) is 4.46. The first-order chi connectivity index (χ1) is 11.3. The summed E-state index contributed by atoms with van der Waals surface area (Å²) in [6.45, 7) is 3.47. The highest BCUT2D eigenvalue weighted by Crippen LogP contribution is 2.37. The third-order valence-electron chi connectivity index (χ3n) is 4.46. The van der Waals surface area contributed by atoms with Crippen molar-refractivity contribution in [3.8, 4) is 0 Å².